The van der Waals surface area contributed by atoms with Gasteiger partial charge in [0.1, 0.15) is 5.75 Å². The number of fused-ring (bicyclic) bond motifs is 1. The van der Waals surface area contributed by atoms with Crippen molar-refractivity contribution in [1.29, 1.82) is 0 Å². The number of hydrogen-bond acceptors (Lipinski definition) is 5. The molecule has 0 aliphatic rings. The highest BCUT2D eigenvalue weighted by atomic mass is 35.5. The van der Waals surface area contributed by atoms with E-state index in [9.17, 15) is 4.79 Å². The van der Waals surface area contributed by atoms with E-state index in [-0.39, 0.29) is 5.91 Å². The van der Waals surface area contributed by atoms with Crippen LogP contribution >= 0.6 is 11.6 Å². The van der Waals surface area contributed by atoms with Crippen LogP contribution in [0.5, 0.6) is 5.75 Å². The Labute approximate surface area is 172 Å². The Bertz CT molecular complexity index is 1160. The Morgan fingerprint density at radius 3 is 2.55 bits per heavy atom. The summed E-state index contributed by atoms with van der Waals surface area (Å²) in [6.45, 7) is 0. The molecule has 0 aliphatic carbocycles. The molecule has 8 heteroatoms. The number of nitrogens with one attached hydrogen (secondary N) is 1. The van der Waals surface area contributed by atoms with Gasteiger partial charge in [-0.3, -0.25) is 9.20 Å². The number of imidazole rings is 1. The molecule has 0 fully saturated rings. The Morgan fingerprint density at radius 1 is 1.14 bits per heavy atom. The number of rotatable bonds is 5. The fraction of sp³-hybridized carbons (Fsp3) is 0.0952. The number of halogens is 1. The van der Waals surface area contributed by atoms with Crippen molar-refractivity contribution in [3.05, 3.63) is 77.7 Å². The van der Waals surface area contributed by atoms with Gasteiger partial charge in [-0.1, -0.05) is 11.6 Å². The van der Waals surface area contributed by atoms with Gasteiger partial charge in [-0.25, -0.2) is 4.98 Å². The van der Waals surface area contributed by atoms with E-state index >= 15 is 0 Å². The maximum absolute atomic E-state index is 13.4. The Hall–Kier alpha value is -3.58. The molecule has 7 nitrogen and oxygen atoms in total. The van der Waals surface area contributed by atoms with Gasteiger partial charge in [-0.2, -0.15) is 4.98 Å². The van der Waals surface area contributed by atoms with Crippen LogP contribution in [0.4, 0.5) is 17.2 Å². The van der Waals surface area contributed by atoms with Crippen molar-refractivity contribution < 1.29 is 9.53 Å². The largest absolute Gasteiger partial charge is 0.497 e. The standard InChI is InChI=1S/C21H18ClN5O2/c1-26(16-8-4-14(22)5-9-16)20(28)18-19(25-21-23-12-3-13-27(18)21)24-15-6-10-17(29-2)11-7-15/h3-13,24H,1-2H3. The highest BCUT2D eigenvalue weighted by Crippen LogP contribution is 2.26. The molecule has 1 amide bonds. The minimum absolute atomic E-state index is 0.233. The lowest BCUT2D eigenvalue weighted by Crippen LogP contribution is -2.28. The second-order valence-corrected chi connectivity index (χ2v) is 6.73. The molecule has 29 heavy (non-hydrogen) atoms. The molecule has 0 saturated heterocycles. The molecule has 2 heterocycles. The van der Waals surface area contributed by atoms with E-state index in [0.29, 0.717) is 28.0 Å². The Morgan fingerprint density at radius 2 is 1.86 bits per heavy atom. The number of ether oxygens (including phenoxy) is 1. The number of anilines is 3. The van der Waals surface area contributed by atoms with Crippen molar-refractivity contribution in [1.82, 2.24) is 14.4 Å². The molecular weight excluding hydrogens is 390 g/mol. The Kier molecular flexibility index (Phi) is 5.05. The van der Waals surface area contributed by atoms with Crippen LogP contribution in [0.25, 0.3) is 5.78 Å². The summed E-state index contributed by atoms with van der Waals surface area (Å²) in [5.41, 5.74) is 1.87. The van der Waals surface area contributed by atoms with Crippen LogP contribution in [-0.4, -0.2) is 34.4 Å². The lowest BCUT2D eigenvalue weighted by atomic mass is 10.2. The molecule has 0 atom stereocenters. The van der Waals surface area contributed by atoms with Gasteiger partial charge in [0.25, 0.3) is 5.91 Å². The van der Waals surface area contributed by atoms with Crippen molar-refractivity contribution in [2.45, 2.75) is 0 Å². The molecule has 0 saturated carbocycles. The van der Waals surface area contributed by atoms with Crippen molar-refractivity contribution in [2.75, 3.05) is 24.4 Å². The fourth-order valence-electron chi connectivity index (χ4n) is 2.93. The highest BCUT2D eigenvalue weighted by Gasteiger charge is 2.24. The molecule has 0 aliphatic heterocycles. The van der Waals surface area contributed by atoms with Crippen LogP contribution in [0.3, 0.4) is 0 Å². The zero-order valence-corrected chi connectivity index (χ0v) is 16.6. The van der Waals surface area contributed by atoms with Gasteiger partial charge in [0.15, 0.2) is 11.5 Å². The van der Waals surface area contributed by atoms with Crippen LogP contribution in [0.1, 0.15) is 10.5 Å². The van der Waals surface area contributed by atoms with E-state index < -0.39 is 0 Å². The first-order valence-corrected chi connectivity index (χ1v) is 9.22. The van der Waals surface area contributed by atoms with Crippen LogP contribution in [0.15, 0.2) is 67.0 Å². The van der Waals surface area contributed by atoms with Gasteiger partial charge >= 0.3 is 0 Å². The molecule has 2 aromatic heterocycles. The topological polar surface area (TPSA) is 71.8 Å². The summed E-state index contributed by atoms with van der Waals surface area (Å²) in [4.78, 5) is 23.7. The van der Waals surface area contributed by atoms with Crippen LogP contribution in [-0.2, 0) is 0 Å². The van der Waals surface area contributed by atoms with Gasteiger partial charge in [0.2, 0.25) is 5.78 Å². The summed E-state index contributed by atoms with van der Waals surface area (Å²) in [5.74, 6) is 1.35. The molecule has 0 unspecified atom stereocenters. The lowest BCUT2D eigenvalue weighted by Gasteiger charge is -2.18. The van der Waals surface area contributed by atoms with Crippen molar-refractivity contribution in [3.63, 3.8) is 0 Å². The summed E-state index contributed by atoms with van der Waals surface area (Å²) >= 11 is 5.97. The molecule has 0 radical (unpaired) electrons. The number of benzene rings is 2. The average Bonchev–Trinajstić information content (AvgIpc) is 3.11. The SMILES string of the molecule is COc1ccc(Nc2nc3ncccn3c2C(=O)N(C)c2ccc(Cl)cc2)cc1. The molecule has 0 bridgehead atoms. The normalized spacial score (nSPS) is 10.7. The summed E-state index contributed by atoms with van der Waals surface area (Å²) in [5, 5.41) is 3.82. The van der Waals surface area contributed by atoms with E-state index in [4.69, 9.17) is 16.3 Å². The highest BCUT2D eigenvalue weighted by molar-refractivity contribution is 6.30. The minimum atomic E-state index is -0.233. The summed E-state index contributed by atoms with van der Waals surface area (Å²) in [7, 11) is 3.32. The molecule has 4 aromatic rings. The van der Waals surface area contributed by atoms with Crippen molar-refractivity contribution in [3.8, 4) is 5.75 Å². The summed E-state index contributed by atoms with van der Waals surface area (Å²) < 4.78 is 6.86. The van der Waals surface area contributed by atoms with Gasteiger partial charge in [0.05, 0.1) is 7.11 Å². The van der Waals surface area contributed by atoms with Crippen LogP contribution in [0.2, 0.25) is 5.02 Å². The zero-order chi connectivity index (χ0) is 20.4. The lowest BCUT2D eigenvalue weighted by molar-refractivity contribution is 0.0988. The summed E-state index contributed by atoms with van der Waals surface area (Å²) in [6, 6.07) is 16.2. The third-order valence-corrected chi connectivity index (χ3v) is 4.73. The molecule has 0 spiro atoms. The van der Waals surface area contributed by atoms with Gasteiger partial charge < -0.3 is 15.0 Å². The molecular formula is C21H18ClN5O2. The molecule has 4 rings (SSSR count). The Balaban J connectivity index is 1.74. The van der Waals surface area contributed by atoms with E-state index in [1.165, 1.54) is 0 Å². The first-order chi connectivity index (χ1) is 14.1. The first-order valence-electron chi connectivity index (χ1n) is 8.84. The zero-order valence-electron chi connectivity index (χ0n) is 15.8. The van der Waals surface area contributed by atoms with E-state index in [0.717, 1.165) is 11.4 Å². The predicted molar refractivity (Wildman–Crippen MR) is 113 cm³/mol. The predicted octanol–water partition coefficient (Wildman–Crippen LogP) is 4.41. The molecule has 1 N–H and O–H groups in total. The maximum atomic E-state index is 13.4. The number of hydrogen-bond donors (Lipinski definition) is 1. The summed E-state index contributed by atoms with van der Waals surface area (Å²) in [6.07, 6.45) is 3.40. The second-order valence-electron chi connectivity index (χ2n) is 6.29. The van der Waals surface area contributed by atoms with Crippen LogP contribution in [0, 0.1) is 0 Å². The average molecular weight is 408 g/mol. The number of methoxy groups -OCH3 is 1. The van der Waals surface area contributed by atoms with Gasteiger partial charge in [0, 0.05) is 35.8 Å². The number of amides is 1. The van der Waals surface area contributed by atoms with E-state index in [2.05, 4.69) is 15.3 Å². The van der Waals surface area contributed by atoms with Crippen LogP contribution < -0.4 is 15.0 Å². The number of carbonyl (C=O) groups excluding carboxylic acids is 1. The maximum Gasteiger partial charge on any atom is 0.278 e. The fourth-order valence-corrected chi connectivity index (χ4v) is 3.06. The number of nitrogens with zero attached hydrogens (tertiary/aromatic N) is 4. The molecule has 146 valence electrons. The number of carbonyl (C=O) groups is 1. The quantitative estimate of drug-likeness (QED) is 0.530. The smallest absolute Gasteiger partial charge is 0.278 e. The first kappa shape index (κ1) is 18.8. The monoisotopic (exact) mass is 407 g/mol. The number of aromatic nitrogens is 3. The van der Waals surface area contributed by atoms with Crippen molar-refractivity contribution >= 4 is 40.5 Å². The minimum Gasteiger partial charge on any atom is -0.497 e. The second kappa shape index (κ2) is 7.81. The third kappa shape index (κ3) is 3.72. The van der Waals surface area contributed by atoms with Gasteiger partial charge in [-0.05, 0) is 54.6 Å². The van der Waals surface area contributed by atoms with E-state index in [1.807, 2.05) is 24.3 Å². The third-order valence-electron chi connectivity index (χ3n) is 4.48. The van der Waals surface area contributed by atoms with Gasteiger partial charge in [-0.15, -0.1) is 0 Å². The van der Waals surface area contributed by atoms with E-state index in [1.54, 1.807) is 66.2 Å². The van der Waals surface area contributed by atoms with Crippen molar-refractivity contribution in [2.24, 2.45) is 0 Å². The molecule has 2 aromatic carbocycles.